The third-order valence-electron chi connectivity index (χ3n) is 2.87. The molecule has 0 aliphatic carbocycles. The van der Waals surface area contributed by atoms with E-state index in [1.165, 1.54) is 11.1 Å². The summed E-state index contributed by atoms with van der Waals surface area (Å²) >= 11 is 2.30. The van der Waals surface area contributed by atoms with Gasteiger partial charge in [-0.1, -0.05) is 48.0 Å². The van der Waals surface area contributed by atoms with E-state index in [-0.39, 0.29) is 0 Å². The van der Waals surface area contributed by atoms with Crippen LogP contribution in [-0.4, -0.2) is 5.11 Å². The maximum Gasteiger partial charge on any atom is 0.105 e. The largest absolute Gasteiger partial charge is 0.384 e. The van der Waals surface area contributed by atoms with Gasteiger partial charge in [-0.25, -0.2) is 0 Å². The van der Waals surface area contributed by atoms with E-state index in [1.54, 1.807) is 0 Å². The number of halogens is 1. The third-order valence-corrected chi connectivity index (χ3v) is 4.35. The SMILES string of the molecule is Cc1cccc(C(O)c2cccc(C)c2I)c1. The highest BCUT2D eigenvalue weighted by molar-refractivity contribution is 14.1. The molecule has 0 heterocycles. The molecule has 0 bridgehead atoms. The number of aryl methyl sites for hydroxylation is 2. The molecule has 2 aromatic rings. The molecule has 0 aliphatic rings. The molecule has 0 spiro atoms. The average Bonchev–Trinajstić information content (AvgIpc) is 2.32. The summed E-state index contributed by atoms with van der Waals surface area (Å²) in [7, 11) is 0. The van der Waals surface area contributed by atoms with E-state index in [1.807, 2.05) is 43.3 Å². The summed E-state index contributed by atoms with van der Waals surface area (Å²) in [5.74, 6) is 0. The highest BCUT2D eigenvalue weighted by atomic mass is 127. The lowest BCUT2D eigenvalue weighted by Gasteiger charge is -2.15. The van der Waals surface area contributed by atoms with Gasteiger partial charge in [-0.2, -0.15) is 0 Å². The van der Waals surface area contributed by atoms with Gasteiger partial charge in [0.15, 0.2) is 0 Å². The second kappa shape index (κ2) is 5.19. The summed E-state index contributed by atoms with van der Waals surface area (Å²) in [5, 5.41) is 10.4. The van der Waals surface area contributed by atoms with E-state index in [9.17, 15) is 5.11 Å². The molecule has 0 radical (unpaired) electrons. The van der Waals surface area contributed by atoms with E-state index < -0.39 is 6.10 Å². The molecule has 1 nitrogen and oxygen atoms in total. The summed E-state index contributed by atoms with van der Waals surface area (Å²) in [6.45, 7) is 4.10. The Kier molecular flexibility index (Phi) is 3.84. The molecule has 1 unspecified atom stereocenters. The third kappa shape index (κ3) is 2.69. The number of hydrogen-bond donors (Lipinski definition) is 1. The maximum absolute atomic E-state index is 10.4. The van der Waals surface area contributed by atoms with Crippen LogP contribution in [0.5, 0.6) is 0 Å². The Morgan fingerprint density at radius 3 is 2.47 bits per heavy atom. The van der Waals surface area contributed by atoms with Gasteiger partial charge < -0.3 is 5.11 Å². The van der Waals surface area contributed by atoms with Crippen molar-refractivity contribution in [2.45, 2.75) is 20.0 Å². The summed E-state index contributed by atoms with van der Waals surface area (Å²) in [5.41, 5.74) is 4.31. The van der Waals surface area contributed by atoms with Crippen molar-refractivity contribution < 1.29 is 5.11 Å². The Hall–Kier alpha value is -0.870. The van der Waals surface area contributed by atoms with Crippen LogP contribution in [0.25, 0.3) is 0 Å². The molecule has 17 heavy (non-hydrogen) atoms. The van der Waals surface area contributed by atoms with E-state index in [2.05, 4.69) is 35.6 Å². The van der Waals surface area contributed by atoms with Crippen molar-refractivity contribution in [3.63, 3.8) is 0 Å². The number of aliphatic hydroxyl groups excluding tert-OH is 1. The van der Waals surface area contributed by atoms with Crippen molar-refractivity contribution >= 4 is 22.6 Å². The van der Waals surface area contributed by atoms with Gasteiger partial charge in [-0.05, 0) is 53.1 Å². The van der Waals surface area contributed by atoms with Crippen LogP contribution in [0.3, 0.4) is 0 Å². The molecule has 0 saturated heterocycles. The van der Waals surface area contributed by atoms with E-state index in [0.717, 1.165) is 14.7 Å². The van der Waals surface area contributed by atoms with E-state index in [0.29, 0.717) is 0 Å². The maximum atomic E-state index is 10.4. The fraction of sp³-hybridized carbons (Fsp3) is 0.200. The molecular formula is C15H15IO. The fourth-order valence-corrected chi connectivity index (χ4v) is 2.56. The summed E-state index contributed by atoms with van der Waals surface area (Å²) in [6.07, 6.45) is -0.540. The van der Waals surface area contributed by atoms with Crippen LogP contribution in [0.15, 0.2) is 42.5 Å². The van der Waals surface area contributed by atoms with Gasteiger partial charge in [0.2, 0.25) is 0 Å². The molecule has 1 atom stereocenters. The predicted octanol–water partition coefficient (Wildman–Crippen LogP) is 3.99. The lowest BCUT2D eigenvalue weighted by molar-refractivity contribution is 0.219. The second-order valence-corrected chi connectivity index (χ2v) is 5.37. The van der Waals surface area contributed by atoms with Crippen molar-refractivity contribution in [1.82, 2.24) is 0 Å². The molecule has 2 heteroatoms. The summed E-state index contributed by atoms with van der Waals surface area (Å²) < 4.78 is 1.14. The summed E-state index contributed by atoms with van der Waals surface area (Å²) in [4.78, 5) is 0. The number of aliphatic hydroxyl groups is 1. The van der Waals surface area contributed by atoms with Crippen molar-refractivity contribution in [2.24, 2.45) is 0 Å². The zero-order valence-electron chi connectivity index (χ0n) is 9.94. The number of benzene rings is 2. The van der Waals surface area contributed by atoms with Gasteiger partial charge in [0, 0.05) is 3.57 Å². The van der Waals surface area contributed by atoms with Gasteiger partial charge in [-0.15, -0.1) is 0 Å². The molecule has 88 valence electrons. The lowest BCUT2D eigenvalue weighted by Crippen LogP contribution is -2.03. The minimum atomic E-state index is -0.540. The van der Waals surface area contributed by atoms with Crippen LogP contribution in [0.1, 0.15) is 28.4 Å². The van der Waals surface area contributed by atoms with Crippen LogP contribution >= 0.6 is 22.6 Å². The zero-order chi connectivity index (χ0) is 12.4. The standard InChI is InChI=1S/C15H15IO/c1-10-5-3-7-12(9-10)15(17)13-8-4-6-11(2)14(13)16/h3-9,15,17H,1-2H3. The molecule has 0 aliphatic heterocycles. The average molecular weight is 338 g/mol. The molecular weight excluding hydrogens is 323 g/mol. The van der Waals surface area contributed by atoms with Crippen LogP contribution in [0.2, 0.25) is 0 Å². The molecule has 0 aromatic heterocycles. The van der Waals surface area contributed by atoms with E-state index in [4.69, 9.17) is 0 Å². The molecule has 0 amide bonds. The quantitative estimate of drug-likeness (QED) is 0.821. The number of rotatable bonds is 2. The topological polar surface area (TPSA) is 20.2 Å². The van der Waals surface area contributed by atoms with Gasteiger partial charge >= 0.3 is 0 Å². The van der Waals surface area contributed by atoms with Crippen molar-refractivity contribution in [2.75, 3.05) is 0 Å². The molecule has 0 saturated carbocycles. The van der Waals surface area contributed by atoms with Crippen molar-refractivity contribution in [3.05, 3.63) is 68.3 Å². The first-order valence-electron chi connectivity index (χ1n) is 5.59. The Morgan fingerprint density at radius 2 is 1.76 bits per heavy atom. The first-order valence-corrected chi connectivity index (χ1v) is 6.67. The van der Waals surface area contributed by atoms with Crippen molar-refractivity contribution in [3.8, 4) is 0 Å². The highest BCUT2D eigenvalue weighted by Crippen LogP contribution is 2.28. The normalized spacial score (nSPS) is 12.5. The predicted molar refractivity (Wildman–Crippen MR) is 79.1 cm³/mol. The Labute approximate surface area is 116 Å². The first-order chi connectivity index (χ1) is 8.09. The molecule has 1 N–H and O–H groups in total. The van der Waals surface area contributed by atoms with Crippen LogP contribution < -0.4 is 0 Å². The van der Waals surface area contributed by atoms with Crippen LogP contribution in [-0.2, 0) is 0 Å². The van der Waals surface area contributed by atoms with Crippen molar-refractivity contribution in [1.29, 1.82) is 0 Å². The minimum Gasteiger partial charge on any atom is -0.384 e. The number of hydrogen-bond acceptors (Lipinski definition) is 1. The first kappa shape index (κ1) is 12.6. The zero-order valence-corrected chi connectivity index (χ0v) is 12.1. The fourth-order valence-electron chi connectivity index (χ4n) is 1.90. The smallest absolute Gasteiger partial charge is 0.105 e. The minimum absolute atomic E-state index is 0.540. The van der Waals surface area contributed by atoms with Gasteiger partial charge in [0.25, 0.3) is 0 Å². The monoisotopic (exact) mass is 338 g/mol. The Balaban J connectivity index is 2.44. The Bertz CT molecular complexity index is 534. The Morgan fingerprint density at radius 1 is 1.06 bits per heavy atom. The second-order valence-electron chi connectivity index (χ2n) is 4.29. The summed E-state index contributed by atoms with van der Waals surface area (Å²) in [6, 6.07) is 14.1. The molecule has 2 aromatic carbocycles. The highest BCUT2D eigenvalue weighted by Gasteiger charge is 2.14. The van der Waals surface area contributed by atoms with Gasteiger partial charge in [0.1, 0.15) is 6.10 Å². The van der Waals surface area contributed by atoms with Crippen LogP contribution in [0, 0.1) is 17.4 Å². The van der Waals surface area contributed by atoms with Crippen LogP contribution in [0.4, 0.5) is 0 Å². The van der Waals surface area contributed by atoms with E-state index >= 15 is 0 Å². The van der Waals surface area contributed by atoms with Gasteiger partial charge in [0.05, 0.1) is 0 Å². The molecule has 2 rings (SSSR count). The molecule has 0 fully saturated rings. The van der Waals surface area contributed by atoms with Gasteiger partial charge in [-0.3, -0.25) is 0 Å². The lowest BCUT2D eigenvalue weighted by atomic mass is 9.99.